The van der Waals surface area contributed by atoms with E-state index in [9.17, 15) is 4.79 Å². The van der Waals surface area contributed by atoms with Crippen LogP contribution in [0.1, 0.15) is 27.3 Å². The molecule has 0 saturated carbocycles. The molecule has 3 heterocycles. The number of aromatic amines is 1. The molecule has 0 radical (unpaired) electrons. The maximum absolute atomic E-state index is 12.9. The molecule has 4 rings (SSSR count). The SMILES string of the molecule is COCCn1ccc(C(=O)N2CCc3[nH]nc(-c4ccccc4C)c3CC2)n1. The summed E-state index contributed by atoms with van der Waals surface area (Å²) in [5, 5.41) is 12.2. The van der Waals surface area contributed by atoms with E-state index in [1.165, 1.54) is 11.1 Å². The topological polar surface area (TPSA) is 76.0 Å². The fourth-order valence-electron chi connectivity index (χ4n) is 3.69. The molecule has 0 unspecified atom stereocenters. The van der Waals surface area contributed by atoms with Gasteiger partial charge in [0.15, 0.2) is 0 Å². The minimum Gasteiger partial charge on any atom is -0.383 e. The lowest BCUT2D eigenvalue weighted by atomic mass is 9.99. The molecule has 7 heteroatoms. The highest BCUT2D eigenvalue weighted by Crippen LogP contribution is 2.29. The van der Waals surface area contributed by atoms with Crippen LogP contribution in [-0.2, 0) is 24.1 Å². The molecule has 1 amide bonds. The molecule has 1 N–H and O–H groups in total. The van der Waals surface area contributed by atoms with Gasteiger partial charge in [-0.05, 0) is 25.0 Å². The molecule has 3 aromatic rings. The maximum atomic E-state index is 12.9. The van der Waals surface area contributed by atoms with Crippen LogP contribution in [-0.4, -0.2) is 57.6 Å². The van der Waals surface area contributed by atoms with E-state index in [-0.39, 0.29) is 5.91 Å². The number of aromatic nitrogens is 4. The van der Waals surface area contributed by atoms with E-state index in [1.54, 1.807) is 17.9 Å². The Kier molecular flexibility index (Phi) is 5.25. The first-order chi connectivity index (χ1) is 13.7. The van der Waals surface area contributed by atoms with Crippen LogP contribution in [0.25, 0.3) is 11.3 Å². The third-order valence-corrected chi connectivity index (χ3v) is 5.29. The van der Waals surface area contributed by atoms with Crippen LogP contribution >= 0.6 is 0 Å². The van der Waals surface area contributed by atoms with Crippen LogP contribution in [0.4, 0.5) is 0 Å². The number of hydrogen-bond donors (Lipinski definition) is 1. The summed E-state index contributed by atoms with van der Waals surface area (Å²) in [5.74, 6) is -0.0216. The molecule has 2 aromatic heterocycles. The van der Waals surface area contributed by atoms with Crippen molar-refractivity contribution < 1.29 is 9.53 Å². The van der Waals surface area contributed by atoms with Crippen LogP contribution in [0, 0.1) is 6.92 Å². The molecule has 0 atom stereocenters. The summed E-state index contributed by atoms with van der Waals surface area (Å²) in [5.41, 5.74) is 6.19. The molecule has 0 spiro atoms. The zero-order valence-corrected chi connectivity index (χ0v) is 16.3. The fraction of sp³-hybridized carbons (Fsp3) is 0.381. The number of carbonyl (C=O) groups is 1. The first-order valence-electron chi connectivity index (χ1n) is 9.61. The van der Waals surface area contributed by atoms with Gasteiger partial charge in [-0.15, -0.1) is 0 Å². The van der Waals surface area contributed by atoms with Gasteiger partial charge in [0.2, 0.25) is 0 Å². The Morgan fingerprint density at radius 3 is 2.86 bits per heavy atom. The van der Waals surface area contributed by atoms with E-state index in [4.69, 9.17) is 4.74 Å². The van der Waals surface area contributed by atoms with Crippen molar-refractivity contribution in [1.29, 1.82) is 0 Å². The number of carbonyl (C=O) groups excluding carboxylic acids is 1. The van der Waals surface area contributed by atoms with Gasteiger partial charge in [-0.1, -0.05) is 24.3 Å². The van der Waals surface area contributed by atoms with Crippen LogP contribution in [0.15, 0.2) is 36.5 Å². The van der Waals surface area contributed by atoms with Crippen molar-refractivity contribution in [2.75, 3.05) is 26.8 Å². The number of H-pyrrole nitrogens is 1. The molecular weight excluding hydrogens is 354 g/mol. The predicted molar refractivity (Wildman–Crippen MR) is 106 cm³/mol. The van der Waals surface area contributed by atoms with Crippen molar-refractivity contribution in [3.8, 4) is 11.3 Å². The second-order valence-electron chi connectivity index (χ2n) is 7.09. The molecule has 146 valence electrons. The Labute approximate surface area is 164 Å². The zero-order valence-electron chi connectivity index (χ0n) is 16.3. The Morgan fingerprint density at radius 2 is 2.04 bits per heavy atom. The van der Waals surface area contributed by atoms with Gasteiger partial charge < -0.3 is 9.64 Å². The maximum Gasteiger partial charge on any atom is 0.274 e. The largest absolute Gasteiger partial charge is 0.383 e. The normalized spacial score (nSPS) is 14.0. The van der Waals surface area contributed by atoms with Crippen molar-refractivity contribution in [3.05, 3.63) is 59.0 Å². The lowest BCUT2D eigenvalue weighted by Gasteiger charge is -2.19. The summed E-state index contributed by atoms with van der Waals surface area (Å²) in [6, 6.07) is 10.1. The van der Waals surface area contributed by atoms with Crippen molar-refractivity contribution in [3.63, 3.8) is 0 Å². The number of methoxy groups -OCH3 is 1. The number of ether oxygens (including phenoxy) is 1. The van der Waals surface area contributed by atoms with Crippen molar-refractivity contribution in [2.45, 2.75) is 26.3 Å². The number of nitrogens with one attached hydrogen (secondary N) is 1. The second-order valence-corrected chi connectivity index (χ2v) is 7.09. The lowest BCUT2D eigenvalue weighted by Crippen LogP contribution is -2.33. The van der Waals surface area contributed by atoms with E-state index in [2.05, 4.69) is 34.4 Å². The fourth-order valence-corrected chi connectivity index (χ4v) is 3.69. The van der Waals surface area contributed by atoms with Crippen molar-refractivity contribution in [2.24, 2.45) is 0 Å². The first-order valence-corrected chi connectivity index (χ1v) is 9.61. The van der Waals surface area contributed by atoms with E-state index in [0.29, 0.717) is 31.9 Å². The quantitative estimate of drug-likeness (QED) is 0.739. The average Bonchev–Trinajstić information content (AvgIpc) is 3.28. The highest BCUT2D eigenvalue weighted by molar-refractivity contribution is 5.92. The standard InChI is InChI=1S/C21H25N5O2/c1-15-5-3-4-6-16(15)20-17-7-10-25(11-8-18(17)22-23-20)21(27)19-9-12-26(24-19)13-14-28-2/h3-6,9,12H,7-8,10-11,13-14H2,1-2H3,(H,22,23). The molecule has 0 aliphatic carbocycles. The Morgan fingerprint density at radius 1 is 1.21 bits per heavy atom. The summed E-state index contributed by atoms with van der Waals surface area (Å²) in [7, 11) is 1.65. The average molecular weight is 379 g/mol. The van der Waals surface area contributed by atoms with E-state index >= 15 is 0 Å². The number of aryl methyl sites for hydroxylation is 1. The molecule has 28 heavy (non-hydrogen) atoms. The number of benzene rings is 1. The number of amides is 1. The highest BCUT2D eigenvalue weighted by atomic mass is 16.5. The van der Waals surface area contributed by atoms with Gasteiger partial charge in [-0.2, -0.15) is 10.2 Å². The van der Waals surface area contributed by atoms with Crippen LogP contribution in [0.3, 0.4) is 0 Å². The molecule has 7 nitrogen and oxygen atoms in total. The zero-order chi connectivity index (χ0) is 19.5. The number of hydrogen-bond acceptors (Lipinski definition) is 4. The van der Waals surface area contributed by atoms with Crippen molar-refractivity contribution in [1.82, 2.24) is 24.9 Å². The number of rotatable bonds is 5. The molecule has 0 saturated heterocycles. The Balaban J connectivity index is 1.50. The summed E-state index contributed by atoms with van der Waals surface area (Å²) in [4.78, 5) is 14.8. The monoisotopic (exact) mass is 379 g/mol. The number of fused-ring (bicyclic) bond motifs is 1. The lowest BCUT2D eigenvalue weighted by molar-refractivity contribution is 0.0755. The van der Waals surface area contributed by atoms with Gasteiger partial charge >= 0.3 is 0 Å². The molecular formula is C21H25N5O2. The first kappa shape index (κ1) is 18.4. The summed E-state index contributed by atoms with van der Waals surface area (Å²) in [6.07, 6.45) is 3.38. The number of nitrogens with zero attached hydrogens (tertiary/aromatic N) is 4. The van der Waals surface area contributed by atoms with Gasteiger partial charge in [0.25, 0.3) is 5.91 Å². The third kappa shape index (κ3) is 3.57. The van der Waals surface area contributed by atoms with E-state index in [0.717, 1.165) is 29.8 Å². The van der Waals surface area contributed by atoms with Crippen LogP contribution in [0.2, 0.25) is 0 Å². The third-order valence-electron chi connectivity index (χ3n) is 5.29. The minimum absolute atomic E-state index is 0.0216. The summed E-state index contributed by atoms with van der Waals surface area (Å²) >= 11 is 0. The predicted octanol–water partition coefficient (Wildman–Crippen LogP) is 2.47. The second kappa shape index (κ2) is 7.98. The molecule has 1 aromatic carbocycles. The summed E-state index contributed by atoms with van der Waals surface area (Å²) in [6.45, 7) is 4.63. The molecule has 0 bridgehead atoms. The summed E-state index contributed by atoms with van der Waals surface area (Å²) < 4.78 is 6.81. The highest BCUT2D eigenvalue weighted by Gasteiger charge is 2.25. The smallest absolute Gasteiger partial charge is 0.274 e. The van der Waals surface area contributed by atoms with Gasteiger partial charge in [-0.25, -0.2) is 0 Å². The Bertz CT molecular complexity index is 975. The van der Waals surface area contributed by atoms with E-state index in [1.807, 2.05) is 23.2 Å². The van der Waals surface area contributed by atoms with Crippen molar-refractivity contribution >= 4 is 5.91 Å². The van der Waals surface area contributed by atoms with Crippen LogP contribution < -0.4 is 0 Å². The molecule has 1 aliphatic heterocycles. The minimum atomic E-state index is -0.0216. The van der Waals surface area contributed by atoms with Crippen LogP contribution in [0.5, 0.6) is 0 Å². The molecule has 0 fully saturated rings. The van der Waals surface area contributed by atoms with Gasteiger partial charge in [0, 0.05) is 49.6 Å². The van der Waals surface area contributed by atoms with E-state index < -0.39 is 0 Å². The van der Waals surface area contributed by atoms with Gasteiger partial charge in [0.05, 0.1) is 18.8 Å². The van der Waals surface area contributed by atoms with Gasteiger partial charge in [0.1, 0.15) is 5.69 Å². The molecule has 1 aliphatic rings. The van der Waals surface area contributed by atoms with Gasteiger partial charge in [-0.3, -0.25) is 14.6 Å². The Hall–Kier alpha value is -2.93.